The van der Waals surface area contributed by atoms with Gasteiger partial charge in [0.2, 0.25) is 11.8 Å². The Morgan fingerprint density at radius 1 is 0.957 bits per heavy atom. The number of halogens is 2. The molecule has 2 N–H and O–H groups in total. The van der Waals surface area contributed by atoms with E-state index in [1.54, 1.807) is 12.1 Å². The maximum Gasteiger partial charge on any atom is 0.248 e. The molecular weight excluding hydrogens is 400 g/mol. The maximum absolute atomic E-state index is 11.8. The van der Waals surface area contributed by atoms with Crippen LogP contribution in [0.3, 0.4) is 0 Å². The van der Waals surface area contributed by atoms with Gasteiger partial charge in [-0.1, -0.05) is 39.7 Å². The zero-order valence-corrected chi connectivity index (χ0v) is 15.2. The van der Waals surface area contributed by atoms with Crippen molar-refractivity contribution in [1.82, 2.24) is 10.9 Å². The van der Waals surface area contributed by atoms with Gasteiger partial charge in [0.25, 0.3) is 0 Å². The lowest BCUT2D eigenvalue weighted by Gasteiger charge is -2.07. The summed E-state index contributed by atoms with van der Waals surface area (Å²) in [4.78, 5) is 24.4. The summed E-state index contributed by atoms with van der Waals surface area (Å²) in [5.41, 5.74) is 5.68. The van der Waals surface area contributed by atoms with Crippen LogP contribution < -0.4 is 10.9 Å². The summed E-state index contributed by atoms with van der Waals surface area (Å²) >= 11 is 10.5. The van der Waals surface area contributed by atoms with Crippen molar-refractivity contribution in [1.29, 1.82) is 0 Å². The van der Waals surface area contributed by atoms with Crippen LogP contribution in [0.1, 0.15) is 5.56 Å². The minimum absolute atomic E-state index is 0.206. The van der Waals surface area contributed by atoms with Gasteiger partial charge in [-0.25, -0.2) is 0 Å². The zero-order valence-electron chi connectivity index (χ0n) is 12.0. The van der Waals surface area contributed by atoms with Gasteiger partial charge in [0.15, 0.2) is 0 Å². The van der Waals surface area contributed by atoms with Crippen LogP contribution in [0.15, 0.2) is 57.9 Å². The third-order valence-electron chi connectivity index (χ3n) is 2.80. The molecule has 2 amide bonds. The number of hydrogen-bond acceptors (Lipinski definition) is 3. The third-order valence-corrected chi connectivity index (χ3v) is 4.60. The van der Waals surface area contributed by atoms with Gasteiger partial charge in [-0.05, 0) is 42.0 Å². The Bertz CT molecular complexity index is 677. The SMILES string of the molecule is O=C(CSc1ccc(Cl)cc1)NNC(=O)Cc1ccc(Br)cc1. The second kappa shape index (κ2) is 8.96. The first-order valence-electron chi connectivity index (χ1n) is 6.73. The lowest BCUT2D eigenvalue weighted by molar-refractivity contribution is -0.127. The Balaban J connectivity index is 1.70. The summed E-state index contributed by atoms with van der Waals surface area (Å²) < 4.78 is 0.953. The Morgan fingerprint density at radius 3 is 2.22 bits per heavy atom. The van der Waals surface area contributed by atoms with Gasteiger partial charge in [-0.2, -0.15) is 0 Å². The van der Waals surface area contributed by atoms with Crippen LogP contribution in [0.2, 0.25) is 5.02 Å². The molecule has 0 fully saturated rings. The predicted molar refractivity (Wildman–Crippen MR) is 96.3 cm³/mol. The molecule has 0 bridgehead atoms. The van der Waals surface area contributed by atoms with Crippen molar-refractivity contribution in [2.45, 2.75) is 11.3 Å². The van der Waals surface area contributed by atoms with Crippen molar-refractivity contribution in [2.75, 3.05) is 5.75 Å². The van der Waals surface area contributed by atoms with E-state index in [4.69, 9.17) is 11.6 Å². The summed E-state index contributed by atoms with van der Waals surface area (Å²) in [7, 11) is 0. The molecule has 0 aromatic heterocycles. The molecule has 0 heterocycles. The highest BCUT2D eigenvalue weighted by atomic mass is 79.9. The van der Waals surface area contributed by atoms with Crippen molar-refractivity contribution in [3.63, 3.8) is 0 Å². The van der Waals surface area contributed by atoms with Crippen LogP contribution in [0.4, 0.5) is 0 Å². The van der Waals surface area contributed by atoms with Crippen molar-refractivity contribution in [3.8, 4) is 0 Å². The molecule has 0 saturated carbocycles. The summed E-state index contributed by atoms with van der Waals surface area (Å²) in [5.74, 6) is -0.327. The smallest absolute Gasteiger partial charge is 0.248 e. The topological polar surface area (TPSA) is 58.2 Å². The van der Waals surface area contributed by atoms with E-state index in [1.165, 1.54) is 11.8 Å². The Morgan fingerprint density at radius 2 is 1.57 bits per heavy atom. The molecule has 2 aromatic rings. The van der Waals surface area contributed by atoms with E-state index in [0.717, 1.165) is 14.9 Å². The molecule has 4 nitrogen and oxygen atoms in total. The largest absolute Gasteiger partial charge is 0.273 e. The molecule has 0 aliphatic carbocycles. The first-order chi connectivity index (χ1) is 11.0. The number of rotatable bonds is 5. The molecule has 2 aromatic carbocycles. The average molecular weight is 414 g/mol. The van der Waals surface area contributed by atoms with Crippen LogP contribution in [0.5, 0.6) is 0 Å². The van der Waals surface area contributed by atoms with E-state index >= 15 is 0 Å². The van der Waals surface area contributed by atoms with Crippen molar-refractivity contribution >= 4 is 51.1 Å². The van der Waals surface area contributed by atoms with Gasteiger partial charge < -0.3 is 0 Å². The minimum atomic E-state index is -0.269. The molecular formula is C16H14BrClN2O2S. The van der Waals surface area contributed by atoms with Gasteiger partial charge in [-0.3, -0.25) is 20.4 Å². The number of carbonyl (C=O) groups is 2. The monoisotopic (exact) mass is 412 g/mol. The fourth-order valence-electron chi connectivity index (χ4n) is 1.69. The Hall–Kier alpha value is -1.50. The van der Waals surface area contributed by atoms with E-state index in [-0.39, 0.29) is 24.0 Å². The number of hydrogen-bond donors (Lipinski definition) is 2. The highest BCUT2D eigenvalue weighted by molar-refractivity contribution is 9.10. The molecule has 120 valence electrons. The van der Waals surface area contributed by atoms with Gasteiger partial charge >= 0.3 is 0 Å². The first kappa shape index (κ1) is 17.8. The van der Waals surface area contributed by atoms with Crippen LogP contribution in [-0.4, -0.2) is 17.6 Å². The number of nitrogens with one attached hydrogen (secondary N) is 2. The third kappa shape index (κ3) is 6.64. The lowest BCUT2D eigenvalue weighted by atomic mass is 10.1. The number of benzene rings is 2. The predicted octanol–water partition coefficient (Wildman–Crippen LogP) is 3.58. The molecule has 2 rings (SSSR count). The molecule has 0 aliphatic rings. The summed E-state index contributed by atoms with van der Waals surface area (Å²) in [5, 5.41) is 0.652. The lowest BCUT2D eigenvalue weighted by Crippen LogP contribution is -2.43. The fraction of sp³-hybridized carbons (Fsp3) is 0.125. The highest BCUT2D eigenvalue weighted by Crippen LogP contribution is 2.19. The van der Waals surface area contributed by atoms with Gasteiger partial charge in [-0.15, -0.1) is 11.8 Å². The van der Waals surface area contributed by atoms with Crippen LogP contribution in [0, 0.1) is 0 Å². The van der Waals surface area contributed by atoms with Gasteiger partial charge in [0.1, 0.15) is 0 Å². The normalized spacial score (nSPS) is 10.2. The number of carbonyl (C=O) groups excluding carboxylic acids is 2. The Kier molecular flexibility index (Phi) is 6.95. The zero-order chi connectivity index (χ0) is 16.7. The summed E-state index contributed by atoms with van der Waals surface area (Å²) in [6.07, 6.45) is 0.206. The first-order valence-corrected chi connectivity index (χ1v) is 8.89. The standard InChI is InChI=1S/C16H14BrClN2O2S/c17-12-3-1-11(2-4-12)9-15(21)19-20-16(22)10-23-14-7-5-13(18)6-8-14/h1-8H,9-10H2,(H,19,21)(H,20,22). The van der Waals surface area contributed by atoms with Crippen LogP contribution in [-0.2, 0) is 16.0 Å². The van der Waals surface area contributed by atoms with Crippen molar-refractivity contribution in [3.05, 3.63) is 63.6 Å². The second-order valence-corrected chi connectivity index (χ2v) is 7.04. The second-order valence-electron chi connectivity index (χ2n) is 4.64. The van der Waals surface area contributed by atoms with Gasteiger partial charge in [0, 0.05) is 14.4 Å². The quantitative estimate of drug-likeness (QED) is 0.582. The van der Waals surface area contributed by atoms with Crippen LogP contribution >= 0.6 is 39.3 Å². The molecule has 0 saturated heterocycles. The molecule has 23 heavy (non-hydrogen) atoms. The molecule has 0 spiro atoms. The Labute approximate surface area is 152 Å². The minimum Gasteiger partial charge on any atom is -0.273 e. The van der Waals surface area contributed by atoms with E-state index in [0.29, 0.717) is 5.02 Å². The number of thioether (sulfide) groups is 1. The average Bonchev–Trinajstić information content (AvgIpc) is 2.54. The molecule has 0 aliphatic heterocycles. The van der Waals surface area contributed by atoms with Gasteiger partial charge in [0.05, 0.1) is 12.2 Å². The summed E-state index contributed by atoms with van der Waals surface area (Å²) in [6, 6.07) is 14.6. The van der Waals surface area contributed by atoms with E-state index in [2.05, 4.69) is 26.8 Å². The maximum atomic E-state index is 11.8. The van der Waals surface area contributed by atoms with E-state index in [1.807, 2.05) is 36.4 Å². The number of hydrazine groups is 1. The van der Waals surface area contributed by atoms with E-state index < -0.39 is 0 Å². The highest BCUT2D eigenvalue weighted by Gasteiger charge is 2.06. The fourth-order valence-corrected chi connectivity index (χ4v) is 2.78. The number of amides is 2. The molecule has 0 atom stereocenters. The van der Waals surface area contributed by atoms with Crippen LogP contribution in [0.25, 0.3) is 0 Å². The molecule has 0 unspecified atom stereocenters. The van der Waals surface area contributed by atoms with Crippen molar-refractivity contribution < 1.29 is 9.59 Å². The van der Waals surface area contributed by atoms with Crippen molar-refractivity contribution in [2.24, 2.45) is 0 Å². The summed E-state index contributed by atoms with van der Waals surface area (Å²) in [6.45, 7) is 0. The molecule has 7 heteroatoms. The molecule has 0 radical (unpaired) electrons. The van der Waals surface area contributed by atoms with E-state index in [9.17, 15) is 9.59 Å².